The van der Waals surface area contributed by atoms with Gasteiger partial charge in [-0.25, -0.2) is 0 Å². The molecule has 1 rings (SSSR count). The summed E-state index contributed by atoms with van der Waals surface area (Å²) >= 11 is 0. The van der Waals surface area contributed by atoms with Crippen molar-refractivity contribution in [3.8, 4) is 0 Å². The van der Waals surface area contributed by atoms with Gasteiger partial charge in [-0.05, 0) is 19.9 Å². The van der Waals surface area contributed by atoms with Crippen molar-refractivity contribution in [3.63, 3.8) is 0 Å². The molecule has 9 heavy (non-hydrogen) atoms. The van der Waals surface area contributed by atoms with Gasteiger partial charge in [-0.15, -0.1) is 0 Å². The molecule has 0 bridgehead atoms. The van der Waals surface area contributed by atoms with E-state index in [4.69, 9.17) is 4.74 Å². The Hall–Kier alpha value is -0.790. The van der Waals surface area contributed by atoms with Gasteiger partial charge in [0.25, 0.3) is 0 Å². The molecule has 1 aliphatic rings. The van der Waals surface area contributed by atoms with E-state index >= 15 is 0 Å². The summed E-state index contributed by atoms with van der Waals surface area (Å²) in [5.74, 6) is 1.03. The van der Waals surface area contributed by atoms with Crippen LogP contribution < -0.4 is 0 Å². The zero-order chi connectivity index (χ0) is 6.85. The Labute approximate surface area is 54.5 Å². The average molecular weight is 126 g/mol. The smallest absolute Gasteiger partial charge is 0.176 e. The largest absolute Gasteiger partial charge is 0.488 e. The van der Waals surface area contributed by atoms with Crippen LogP contribution in [0.4, 0.5) is 0 Å². The van der Waals surface area contributed by atoms with E-state index in [1.807, 2.05) is 13.0 Å². The van der Waals surface area contributed by atoms with Crippen molar-refractivity contribution in [1.29, 1.82) is 0 Å². The third-order valence-electron chi connectivity index (χ3n) is 1.41. The fourth-order valence-electron chi connectivity index (χ4n) is 0.803. The summed E-state index contributed by atoms with van der Waals surface area (Å²) in [5, 5.41) is 0. The predicted molar refractivity (Wildman–Crippen MR) is 33.9 cm³/mol. The molecule has 1 atom stereocenters. The van der Waals surface area contributed by atoms with Gasteiger partial charge in [0.15, 0.2) is 11.9 Å². The van der Waals surface area contributed by atoms with E-state index in [1.165, 1.54) is 0 Å². The van der Waals surface area contributed by atoms with Crippen LogP contribution in [0.1, 0.15) is 20.3 Å². The van der Waals surface area contributed by atoms with Gasteiger partial charge in [0.05, 0.1) is 5.76 Å². The van der Waals surface area contributed by atoms with Crippen LogP contribution in [-0.4, -0.2) is 11.9 Å². The van der Waals surface area contributed by atoms with Crippen LogP contribution in [0, 0.1) is 0 Å². The summed E-state index contributed by atoms with van der Waals surface area (Å²) < 4.78 is 5.11. The molecule has 0 radical (unpaired) electrons. The molecular formula is C7H10O2. The molecule has 0 saturated heterocycles. The molecule has 0 saturated carbocycles. The first-order valence-corrected chi connectivity index (χ1v) is 3.06. The molecule has 0 amide bonds. The lowest BCUT2D eigenvalue weighted by Crippen LogP contribution is -2.22. The maximum absolute atomic E-state index is 10.8. The molecule has 0 aliphatic carbocycles. The Morgan fingerprint density at radius 3 is 2.89 bits per heavy atom. The van der Waals surface area contributed by atoms with Crippen LogP contribution >= 0.6 is 0 Å². The van der Waals surface area contributed by atoms with Crippen molar-refractivity contribution in [2.45, 2.75) is 26.4 Å². The summed E-state index contributed by atoms with van der Waals surface area (Å²) in [6, 6.07) is 0. The van der Waals surface area contributed by atoms with Crippen molar-refractivity contribution >= 4 is 5.78 Å². The fraction of sp³-hybridized carbons (Fsp3) is 0.571. The minimum atomic E-state index is -0.227. The SMILES string of the molecule is CC1=CCC(=O)C(C)O1. The van der Waals surface area contributed by atoms with E-state index in [-0.39, 0.29) is 11.9 Å². The van der Waals surface area contributed by atoms with Gasteiger partial charge in [0, 0.05) is 6.42 Å². The summed E-state index contributed by atoms with van der Waals surface area (Å²) in [4.78, 5) is 10.8. The number of Topliss-reactive ketones (excluding diaryl/α,β-unsaturated/α-hetero) is 1. The number of hydrogen-bond acceptors (Lipinski definition) is 2. The van der Waals surface area contributed by atoms with Crippen molar-refractivity contribution < 1.29 is 9.53 Å². The van der Waals surface area contributed by atoms with Gasteiger partial charge in [-0.2, -0.15) is 0 Å². The van der Waals surface area contributed by atoms with Crippen molar-refractivity contribution in [2.75, 3.05) is 0 Å². The molecule has 0 aromatic rings. The highest BCUT2D eigenvalue weighted by atomic mass is 16.5. The van der Waals surface area contributed by atoms with Gasteiger partial charge >= 0.3 is 0 Å². The Morgan fingerprint density at radius 1 is 1.78 bits per heavy atom. The first-order chi connectivity index (χ1) is 4.20. The molecule has 50 valence electrons. The highest BCUT2D eigenvalue weighted by molar-refractivity contribution is 5.84. The van der Waals surface area contributed by atoms with Crippen LogP contribution in [-0.2, 0) is 9.53 Å². The molecule has 0 aromatic carbocycles. The zero-order valence-electron chi connectivity index (χ0n) is 5.68. The Kier molecular flexibility index (Phi) is 1.56. The first-order valence-electron chi connectivity index (χ1n) is 3.06. The molecule has 0 N–H and O–H groups in total. The van der Waals surface area contributed by atoms with Gasteiger partial charge in [-0.1, -0.05) is 0 Å². The van der Waals surface area contributed by atoms with Crippen LogP contribution in [0.3, 0.4) is 0 Å². The van der Waals surface area contributed by atoms with Crippen molar-refractivity contribution in [3.05, 3.63) is 11.8 Å². The number of rotatable bonds is 0. The molecular weight excluding hydrogens is 116 g/mol. The molecule has 1 aliphatic heterocycles. The van der Waals surface area contributed by atoms with E-state index in [0.29, 0.717) is 6.42 Å². The summed E-state index contributed by atoms with van der Waals surface area (Å²) in [6.45, 7) is 3.64. The monoisotopic (exact) mass is 126 g/mol. The molecule has 0 aromatic heterocycles. The number of ketones is 1. The van der Waals surface area contributed by atoms with E-state index in [2.05, 4.69) is 0 Å². The standard InChI is InChI=1S/C7H10O2/c1-5-3-4-7(8)6(2)9-5/h3,6H,4H2,1-2H3. The summed E-state index contributed by atoms with van der Waals surface area (Å²) in [6.07, 6.45) is 2.12. The molecule has 0 spiro atoms. The van der Waals surface area contributed by atoms with E-state index < -0.39 is 0 Å². The summed E-state index contributed by atoms with van der Waals surface area (Å²) in [7, 11) is 0. The maximum atomic E-state index is 10.8. The van der Waals surface area contributed by atoms with E-state index in [1.54, 1.807) is 6.92 Å². The number of hydrogen-bond donors (Lipinski definition) is 0. The number of ether oxygens (including phenoxy) is 1. The number of carbonyl (C=O) groups is 1. The third kappa shape index (κ3) is 1.31. The Balaban J connectivity index is 2.65. The van der Waals surface area contributed by atoms with Gasteiger partial charge in [0.1, 0.15) is 0 Å². The molecule has 2 nitrogen and oxygen atoms in total. The summed E-state index contributed by atoms with van der Waals surface area (Å²) in [5.41, 5.74) is 0. The lowest BCUT2D eigenvalue weighted by molar-refractivity contribution is -0.127. The molecule has 1 unspecified atom stereocenters. The number of carbonyl (C=O) groups excluding carboxylic acids is 1. The lowest BCUT2D eigenvalue weighted by Gasteiger charge is -2.17. The van der Waals surface area contributed by atoms with Gasteiger partial charge in [0.2, 0.25) is 0 Å². The Morgan fingerprint density at radius 2 is 2.44 bits per heavy atom. The second kappa shape index (κ2) is 2.21. The highest BCUT2D eigenvalue weighted by Gasteiger charge is 2.16. The van der Waals surface area contributed by atoms with Gasteiger partial charge < -0.3 is 4.74 Å². The first kappa shape index (κ1) is 6.33. The van der Waals surface area contributed by atoms with E-state index in [9.17, 15) is 4.79 Å². The molecule has 1 heterocycles. The lowest BCUT2D eigenvalue weighted by atomic mass is 10.1. The van der Waals surface area contributed by atoms with Crippen LogP contribution in [0.25, 0.3) is 0 Å². The van der Waals surface area contributed by atoms with Crippen LogP contribution in [0.5, 0.6) is 0 Å². The maximum Gasteiger partial charge on any atom is 0.176 e. The van der Waals surface area contributed by atoms with Crippen LogP contribution in [0.15, 0.2) is 11.8 Å². The number of allylic oxidation sites excluding steroid dienone is 2. The second-order valence-corrected chi connectivity index (χ2v) is 2.25. The quantitative estimate of drug-likeness (QED) is 0.488. The predicted octanol–water partition coefficient (Wildman–Crippen LogP) is 1.27. The Bertz CT molecular complexity index is 158. The fourth-order valence-corrected chi connectivity index (χ4v) is 0.803. The normalized spacial score (nSPS) is 27.1. The highest BCUT2D eigenvalue weighted by Crippen LogP contribution is 2.11. The minimum Gasteiger partial charge on any atom is -0.488 e. The topological polar surface area (TPSA) is 26.3 Å². The molecule has 2 heteroatoms. The van der Waals surface area contributed by atoms with Gasteiger partial charge in [-0.3, -0.25) is 4.79 Å². The van der Waals surface area contributed by atoms with Crippen molar-refractivity contribution in [1.82, 2.24) is 0 Å². The average Bonchev–Trinajstić information content (AvgIpc) is 1.80. The van der Waals surface area contributed by atoms with Crippen molar-refractivity contribution in [2.24, 2.45) is 0 Å². The minimum absolute atomic E-state index is 0.167. The molecule has 0 fully saturated rings. The zero-order valence-corrected chi connectivity index (χ0v) is 5.68. The van der Waals surface area contributed by atoms with E-state index in [0.717, 1.165) is 5.76 Å². The third-order valence-corrected chi connectivity index (χ3v) is 1.41. The second-order valence-electron chi connectivity index (χ2n) is 2.25. The van der Waals surface area contributed by atoms with Crippen LogP contribution in [0.2, 0.25) is 0 Å².